The lowest BCUT2D eigenvalue weighted by molar-refractivity contribution is -0.167. The summed E-state index contributed by atoms with van der Waals surface area (Å²) in [7, 11) is 0. The third-order valence-corrected chi connectivity index (χ3v) is 2.20. The number of esters is 1. The molecule has 0 unspecified atom stereocenters. The van der Waals surface area contributed by atoms with E-state index in [-0.39, 0.29) is 6.61 Å². The fourth-order valence-corrected chi connectivity index (χ4v) is 1.31. The number of nitriles is 1. The molecule has 0 saturated heterocycles. The van der Waals surface area contributed by atoms with E-state index in [0.29, 0.717) is 0 Å². The molecule has 78 valence electrons. The first-order chi connectivity index (χ1) is 6.38. The highest BCUT2D eigenvalue weighted by Crippen LogP contribution is 2.60. The van der Waals surface area contributed by atoms with Gasteiger partial charge >= 0.3 is 12.1 Å². The second-order valence-electron chi connectivity index (χ2n) is 3.10. The van der Waals surface area contributed by atoms with E-state index in [1.54, 1.807) is 0 Å². The molecule has 1 saturated carbocycles. The number of carbonyl (C=O) groups is 1. The first kappa shape index (κ1) is 10.8. The number of rotatable bonds is 2. The van der Waals surface area contributed by atoms with Crippen molar-refractivity contribution < 1.29 is 22.7 Å². The van der Waals surface area contributed by atoms with Gasteiger partial charge in [0, 0.05) is 0 Å². The first-order valence-corrected chi connectivity index (χ1v) is 4.03. The summed E-state index contributed by atoms with van der Waals surface area (Å²) >= 11 is 0. The monoisotopic (exact) mass is 207 g/mol. The van der Waals surface area contributed by atoms with Crippen molar-refractivity contribution in [3.63, 3.8) is 0 Å². The summed E-state index contributed by atoms with van der Waals surface area (Å²) in [5.74, 6) is -2.93. The normalized spacial score (nSPS) is 30.6. The van der Waals surface area contributed by atoms with Gasteiger partial charge < -0.3 is 4.74 Å². The van der Waals surface area contributed by atoms with Crippen LogP contribution in [0.4, 0.5) is 13.2 Å². The van der Waals surface area contributed by atoms with Crippen molar-refractivity contribution in [3.05, 3.63) is 0 Å². The lowest BCUT2D eigenvalue weighted by atomic mass is 10.1. The molecule has 0 aliphatic heterocycles. The van der Waals surface area contributed by atoms with Crippen LogP contribution in [0, 0.1) is 22.7 Å². The molecule has 0 amide bonds. The average Bonchev–Trinajstić information content (AvgIpc) is 2.79. The van der Waals surface area contributed by atoms with Crippen LogP contribution in [-0.2, 0) is 9.53 Å². The number of nitrogens with zero attached hydrogens (tertiary/aromatic N) is 1. The number of ether oxygens (including phenoxy) is 1. The maximum atomic E-state index is 12.2. The first-order valence-electron chi connectivity index (χ1n) is 4.03. The van der Waals surface area contributed by atoms with Gasteiger partial charge in [-0.2, -0.15) is 18.4 Å². The lowest BCUT2D eigenvalue weighted by Gasteiger charge is -2.09. The number of alkyl halides is 3. The highest BCUT2D eigenvalue weighted by atomic mass is 19.4. The Bertz CT molecular complexity index is 294. The molecule has 14 heavy (non-hydrogen) atoms. The van der Waals surface area contributed by atoms with Gasteiger partial charge in [-0.15, -0.1) is 0 Å². The van der Waals surface area contributed by atoms with E-state index < -0.39 is 29.9 Å². The van der Waals surface area contributed by atoms with Gasteiger partial charge in [0.15, 0.2) is 5.41 Å². The van der Waals surface area contributed by atoms with Gasteiger partial charge in [-0.05, 0) is 13.3 Å². The van der Waals surface area contributed by atoms with Gasteiger partial charge in [0.05, 0.1) is 18.6 Å². The van der Waals surface area contributed by atoms with E-state index in [0.717, 1.165) is 0 Å². The second kappa shape index (κ2) is 3.15. The molecule has 1 aliphatic rings. The summed E-state index contributed by atoms with van der Waals surface area (Å²) in [5.41, 5.74) is -1.98. The van der Waals surface area contributed by atoms with Crippen LogP contribution in [0.5, 0.6) is 0 Å². The van der Waals surface area contributed by atoms with Crippen LogP contribution in [0.15, 0.2) is 0 Å². The Kier molecular flexibility index (Phi) is 2.44. The SMILES string of the molecule is CCOC(=O)[C@@]1(C#N)C[C@@H]1C(F)(F)F. The Morgan fingerprint density at radius 3 is 2.57 bits per heavy atom. The molecule has 0 aromatic carbocycles. The summed E-state index contributed by atoms with van der Waals surface area (Å²) in [5, 5.41) is 8.54. The van der Waals surface area contributed by atoms with Crippen LogP contribution >= 0.6 is 0 Å². The van der Waals surface area contributed by atoms with Crippen LogP contribution in [0.25, 0.3) is 0 Å². The van der Waals surface area contributed by atoms with E-state index in [9.17, 15) is 18.0 Å². The van der Waals surface area contributed by atoms with Gasteiger partial charge in [0.1, 0.15) is 0 Å². The fourth-order valence-electron chi connectivity index (χ4n) is 1.31. The van der Waals surface area contributed by atoms with Gasteiger partial charge in [-0.3, -0.25) is 4.79 Å². The van der Waals surface area contributed by atoms with E-state index >= 15 is 0 Å². The zero-order chi connectivity index (χ0) is 11.0. The summed E-state index contributed by atoms with van der Waals surface area (Å²) in [4.78, 5) is 11.1. The average molecular weight is 207 g/mol. The molecule has 0 radical (unpaired) electrons. The van der Waals surface area contributed by atoms with Crippen LogP contribution < -0.4 is 0 Å². The Morgan fingerprint density at radius 1 is 1.71 bits per heavy atom. The maximum absolute atomic E-state index is 12.2. The Labute approximate surface area is 78.5 Å². The Balaban J connectivity index is 2.77. The lowest BCUT2D eigenvalue weighted by Crippen LogP contribution is -2.25. The molecule has 0 heterocycles. The summed E-state index contributed by atoms with van der Waals surface area (Å²) < 4.78 is 40.9. The van der Waals surface area contributed by atoms with Crippen molar-refractivity contribution in [2.24, 2.45) is 11.3 Å². The molecule has 0 aromatic heterocycles. The maximum Gasteiger partial charge on any atom is 0.394 e. The van der Waals surface area contributed by atoms with E-state index in [2.05, 4.69) is 4.74 Å². The van der Waals surface area contributed by atoms with Crippen molar-refractivity contribution in [1.82, 2.24) is 0 Å². The zero-order valence-corrected chi connectivity index (χ0v) is 7.39. The summed E-state index contributed by atoms with van der Waals surface area (Å²) in [6.45, 7) is 1.46. The molecule has 6 heteroatoms. The fraction of sp³-hybridized carbons (Fsp3) is 0.750. The summed E-state index contributed by atoms with van der Waals surface area (Å²) in [6.07, 6.45) is -4.98. The Hall–Kier alpha value is -1.25. The molecule has 0 N–H and O–H groups in total. The molecule has 0 bridgehead atoms. The quantitative estimate of drug-likeness (QED) is 0.647. The molecule has 1 aliphatic carbocycles. The van der Waals surface area contributed by atoms with Crippen molar-refractivity contribution in [2.45, 2.75) is 19.5 Å². The number of carbonyl (C=O) groups excluding carboxylic acids is 1. The number of hydrogen-bond donors (Lipinski definition) is 0. The van der Waals surface area contributed by atoms with Crippen molar-refractivity contribution in [1.29, 1.82) is 5.26 Å². The standard InChI is InChI=1S/C8H8F3NO2/c1-2-14-6(13)7(4-12)3-5(7)8(9,10)11/h5H,2-3H2,1H3/t5-,7+/m0/s1. The highest BCUT2D eigenvalue weighted by molar-refractivity contribution is 5.84. The van der Waals surface area contributed by atoms with Crippen molar-refractivity contribution in [2.75, 3.05) is 6.61 Å². The predicted octanol–water partition coefficient (Wildman–Crippen LogP) is 1.64. The van der Waals surface area contributed by atoms with E-state index in [1.165, 1.54) is 13.0 Å². The minimum Gasteiger partial charge on any atom is -0.465 e. The van der Waals surface area contributed by atoms with Crippen LogP contribution in [0.1, 0.15) is 13.3 Å². The van der Waals surface area contributed by atoms with Crippen LogP contribution in [0.2, 0.25) is 0 Å². The van der Waals surface area contributed by atoms with Crippen LogP contribution in [-0.4, -0.2) is 18.8 Å². The van der Waals surface area contributed by atoms with Crippen molar-refractivity contribution in [3.8, 4) is 6.07 Å². The van der Waals surface area contributed by atoms with E-state index in [4.69, 9.17) is 5.26 Å². The third-order valence-electron chi connectivity index (χ3n) is 2.20. The molecular formula is C8H8F3NO2. The molecule has 0 aromatic rings. The third kappa shape index (κ3) is 1.54. The largest absolute Gasteiger partial charge is 0.465 e. The smallest absolute Gasteiger partial charge is 0.394 e. The number of halogens is 3. The number of hydrogen-bond acceptors (Lipinski definition) is 3. The van der Waals surface area contributed by atoms with Crippen LogP contribution in [0.3, 0.4) is 0 Å². The van der Waals surface area contributed by atoms with Gasteiger partial charge in [0.25, 0.3) is 0 Å². The van der Waals surface area contributed by atoms with Gasteiger partial charge in [-0.25, -0.2) is 0 Å². The predicted molar refractivity (Wildman–Crippen MR) is 38.8 cm³/mol. The molecule has 3 nitrogen and oxygen atoms in total. The zero-order valence-electron chi connectivity index (χ0n) is 7.39. The minimum absolute atomic E-state index is 0.0210. The van der Waals surface area contributed by atoms with Gasteiger partial charge in [-0.1, -0.05) is 0 Å². The van der Waals surface area contributed by atoms with Crippen molar-refractivity contribution >= 4 is 5.97 Å². The molecule has 1 fully saturated rings. The molecule has 0 spiro atoms. The molecule has 2 atom stereocenters. The Morgan fingerprint density at radius 2 is 2.29 bits per heavy atom. The topological polar surface area (TPSA) is 50.1 Å². The second-order valence-corrected chi connectivity index (χ2v) is 3.10. The highest BCUT2D eigenvalue weighted by Gasteiger charge is 2.72. The minimum atomic E-state index is -4.50. The van der Waals surface area contributed by atoms with E-state index in [1.807, 2.05) is 0 Å². The summed E-state index contributed by atoms with van der Waals surface area (Å²) in [6, 6.07) is 1.40. The van der Waals surface area contributed by atoms with Gasteiger partial charge in [0.2, 0.25) is 0 Å². The molecular weight excluding hydrogens is 199 g/mol. The molecule has 1 rings (SSSR count).